The van der Waals surface area contributed by atoms with Crippen molar-refractivity contribution in [2.75, 3.05) is 20.1 Å². The van der Waals surface area contributed by atoms with Crippen molar-refractivity contribution in [3.8, 4) is 0 Å². The lowest BCUT2D eigenvalue weighted by atomic mass is 9.84. The van der Waals surface area contributed by atoms with E-state index in [2.05, 4.69) is 6.58 Å². The molecule has 3 heteroatoms. The zero-order valence-electron chi connectivity index (χ0n) is 7.81. The van der Waals surface area contributed by atoms with E-state index in [0.29, 0.717) is 19.5 Å². The number of alkyl halides is 1. The molecule has 0 bridgehead atoms. The van der Waals surface area contributed by atoms with Crippen molar-refractivity contribution >= 4 is 0 Å². The third kappa shape index (κ3) is 1.39. The van der Waals surface area contributed by atoms with Crippen LogP contribution in [0.2, 0.25) is 0 Å². The summed E-state index contributed by atoms with van der Waals surface area (Å²) in [6.07, 6.45) is 2.22. The second-order valence-corrected chi connectivity index (χ2v) is 4.02. The fraction of sp³-hybridized carbons (Fsp3) is 0.778. The lowest BCUT2D eigenvalue weighted by Crippen LogP contribution is -2.55. The van der Waals surface area contributed by atoms with E-state index < -0.39 is 11.2 Å². The molecule has 1 fully saturated rings. The van der Waals surface area contributed by atoms with Gasteiger partial charge in [0.2, 0.25) is 0 Å². The number of hydrogen-bond donors (Lipinski definition) is 1. The molecule has 1 saturated heterocycles. The molecule has 1 aliphatic heterocycles. The van der Waals surface area contributed by atoms with Gasteiger partial charge in [0, 0.05) is 13.1 Å². The van der Waals surface area contributed by atoms with Gasteiger partial charge in [-0.25, -0.2) is 4.39 Å². The number of nitrogens with two attached hydrogens (primary N) is 1. The molecule has 12 heavy (non-hydrogen) atoms. The predicted molar refractivity (Wildman–Crippen MR) is 48.7 cm³/mol. The molecule has 2 N–H and O–H groups in total. The van der Waals surface area contributed by atoms with E-state index in [-0.39, 0.29) is 0 Å². The summed E-state index contributed by atoms with van der Waals surface area (Å²) in [5, 5.41) is 0. The molecule has 2 atom stereocenters. The van der Waals surface area contributed by atoms with Crippen LogP contribution in [0.1, 0.15) is 13.3 Å². The number of nitrogens with zero attached hydrogens (tertiary/aromatic N) is 1. The fourth-order valence-electron chi connectivity index (χ4n) is 1.90. The van der Waals surface area contributed by atoms with Crippen LogP contribution >= 0.6 is 0 Å². The van der Waals surface area contributed by atoms with Crippen LogP contribution in [-0.2, 0) is 0 Å². The van der Waals surface area contributed by atoms with Crippen LogP contribution < -0.4 is 5.73 Å². The highest BCUT2D eigenvalue weighted by Crippen LogP contribution is 2.34. The smallest absolute Gasteiger partial charge is 0.140 e. The van der Waals surface area contributed by atoms with Crippen molar-refractivity contribution in [2.24, 2.45) is 5.73 Å². The number of halogens is 1. The van der Waals surface area contributed by atoms with Crippen LogP contribution in [0.15, 0.2) is 12.7 Å². The van der Waals surface area contributed by atoms with Crippen molar-refractivity contribution in [3.05, 3.63) is 12.7 Å². The second kappa shape index (κ2) is 2.82. The minimum atomic E-state index is -1.30. The first kappa shape index (κ1) is 9.68. The SMILES string of the molecule is C=CC[C@@]1(N)CN(C)CC1(C)F. The summed E-state index contributed by atoms with van der Waals surface area (Å²) in [6, 6.07) is 0. The molecule has 1 heterocycles. The maximum absolute atomic E-state index is 13.9. The van der Waals surface area contributed by atoms with Gasteiger partial charge in [-0.15, -0.1) is 6.58 Å². The number of likely N-dealkylation sites (N-methyl/N-ethyl adjacent to an activating group) is 1. The van der Waals surface area contributed by atoms with Gasteiger partial charge in [0.05, 0.1) is 5.54 Å². The summed E-state index contributed by atoms with van der Waals surface area (Å²) < 4.78 is 13.9. The molecule has 1 aliphatic rings. The second-order valence-electron chi connectivity index (χ2n) is 4.02. The van der Waals surface area contributed by atoms with E-state index in [1.165, 1.54) is 0 Å². The van der Waals surface area contributed by atoms with E-state index in [4.69, 9.17) is 5.73 Å². The summed E-state index contributed by atoms with van der Waals surface area (Å²) in [7, 11) is 1.88. The molecule has 0 aromatic rings. The number of hydrogen-bond acceptors (Lipinski definition) is 2. The molecule has 0 spiro atoms. The van der Waals surface area contributed by atoms with E-state index in [1.807, 2.05) is 11.9 Å². The van der Waals surface area contributed by atoms with Crippen LogP contribution in [0, 0.1) is 0 Å². The van der Waals surface area contributed by atoms with E-state index in [1.54, 1.807) is 13.0 Å². The van der Waals surface area contributed by atoms with Gasteiger partial charge in [-0.3, -0.25) is 0 Å². The van der Waals surface area contributed by atoms with Crippen molar-refractivity contribution in [1.29, 1.82) is 0 Å². The lowest BCUT2D eigenvalue weighted by Gasteiger charge is -2.32. The van der Waals surface area contributed by atoms with E-state index in [0.717, 1.165) is 0 Å². The van der Waals surface area contributed by atoms with Crippen molar-refractivity contribution < 1.29 is 4.39 Å². The Morgan fingerprint density at radius 2 is 2.25 bits per heavy atom. The molecule has 0 aliphatic carbocycles. The Kier molecular flexibility index (Phi) is 2.27. The molecular formula is C9H17FN2. The minimum Gasteiger partial charge on any atom is -0.321 e. The molecule has 1 unspecified atom stereocenters. The van der Waals surface area contributed by atoms with E-state index >= 15 is 0 Å². The maximum atomic E-state index is 13.9. The molecular weight excluding hydrogens is 155 g/mol. The first-order chi connectivity index (χ1) is 5.41. The Hall–Kier alpha value is -0.410. The highest BCUT2D eigenvalue weighted by Gasteiger charge is 2.51. The Labute approximate surface area is 73.2 Å². The lowest BCUT2D eigenvalue weighted by molar-refractivity contribution is 0.123. The fourth-order valence-corrected chi connectivity index (χ4v) is 1.90. The number of rotatable bonds is 2. The third-order valence-corrected chi connectivity index (χ3v) is 2.67. The summed E-state index contributed by atoms with van der Waals surface area (Å²) in [5.74, 6) is 0. The van der Waals surface area contributed by atoms with Gasteiger partial charge in [-0.05, 0) is 20.4 Å². The normalized spacial score (nSPS) is 43.3. The largest absolute Gasteiger partial charge is 0.321 e. The van der Waals surface area contributed by atoms with Crippen molar-refractivity contribution in [1.82, 2.24) is 4.90 Å². The van der Waals surface area contributed by atoms with Crippen LogP contribution in [0.5, 0.6) is 0 Å². The molecule has 2 nitrogen and oxygen atoms in total. The molecule has 0 saturated carbocycles. The van der Waals surface area contributed by atoms with Gasteiger partial charge >= 0.3 is 0 Å². The summed E-state index contributed by atoms with van der Waals surface area (Å²) in [5.41, 5.74) is 3.91. The molecule has 0 aromatic heterocycles. The van der Waals surface area contributed by atoms with Gasteiger partial charge in [0.15, 0.2) is 0 Å². The molecule has 0 radical (unpaired) electrons. The molecule has 1 rings (SSSR count). The van der Waals surface area contributed by atoms with Crippen LogP contribution in [0.25, 0.3) is 0 Å². The highest BCUT2D eigenvalue weighted by molar-refractivity contribution is 5.12. The van der Waals surface area contributed by atoms with Crippen molar-refractivity contribution in [3.63, 3.8) is 0 Å². The number of likely N-dealkylation sites (tertiary alicyclic amines) is 1. The Morgan fingerprint density at radius 3 is 2.58 bits per heavy atom. The standard InChI is InChI=1S/C9H17FN2/c1-4-5-9(11)7-12(3)6-8(9,2)10/h4H,1,5-7,11H2,2-3H3/t8?,9-/m1/s1. The monoisotopic (exact) mass is 172 g/mol. The Morgan fingerprint density at radius 1 is 1.67 bits per heavy atom. The zero-order valence-corrected chi connectivity index (χ0v) is 7.81. The molecule has 0 aromatic carbocycles. The maximum Gasteiger partial charge on any atom is 0.140 e. The van der Waals surface area contributed by atoms with Gasteiger partial charge in [-0.1, -0.05) is 6.08 Å². The molecule has 70 valence electrons. The van der Waals surface area contributed by atoms with Crippen LogP contribution in [0.4, 0.5) is 4.39 Å². The zero-order chi connectivity index (χ0) is 9.41. The van der Waals surface area contributed by atoms with Crippen molar-refractivity contribution in [2.45, 2.75) is 24.6 Å². The Bertz CT molecular complexity index is 191. The topological polar surface area (TPSA) is 29.3 Å². The predicted octanol–water partition coefficient (Wildman–Crippen LogP) is 0.934. The molecule has 0 amide bonds. The van der Waals surface area contributed by atoms with Gasteiger partial charge in [-0.2, -0.15) is 0 Å². The van der Waals surface area contributed by atoms with Gasteiger partial charge in [0.1, 0.15) is 5.67 Å². The quantitative estimate of drug-likeness (QED) is 0.628. The third-order valence-electron chi connectivity index (χ3n) is 2.67. The van der Waals surface area contributed by atoms with Crippen LogP contribution in [-0.4, -0.2) is 36.2 Å². The summed E-state index contributed by atoms with van der Waals surface area (Å²) in [6.45, 7) is 6.18. The summed E-state index contributed by atoms with van der Waals surface area (Å²) in [4.78, 5) is 1.92. The average Bonchev–Trinajstić information content (AvgIpc) is 2.02. The average molecular weight is 172 g/mol. The van der Waals surface area contributed by atoms with E-state index in [9.17, 15) is 4.39 Å². The first-order valence-corrected chi connectivity index (χ1v) is 4.18. The first-order valence-electron chi connectivity index (χ1n) is 4.18. The van der Waals surface area contributed by atoms with Crippen LogP contribution in [0.3, 0.4) is 0 Å². The Balaban J connectivity index is 2.81. The van der Waals surface area contributed by atoms with Gasteiger partial charge in [0.25, 0.3) is 0 Å². The summed E-state index contributed by atoms with van der Waals surface area (Å²) >= 11 is 0. The van der Waals surface area contributed by atoms with Gasteiger partial charge < -0.3 is 10.6 Å². The minimum absolute atomic E-state index is 0.414. The highest BCUT2D eigenvalue weighted by atomic mass is 19.1.